The van der Waals surface area contributed by atoms with Crippen molar-refractivity contribution in [3.05, 3.63) is 63.6 Å². The van der Waals surface area contributed by atoms with Gasteiger partial charge in [0.25, 0.3) is 0 Å². The van der Waals surface area contributed by atoms with Crippen molar-refractivity contribution in [1.29, 1.82) is 0 Å². The number of hydrogen-bond acceptors (Lipinski definition) is 5. The third-order valence-corrected chi connectivity index (χ3v) is 4.13. The number of nitrogens with zero attached hydrogens (tertiary/aromatic N) is 2. The van der Waals surface area contributed by atoms with Gasteiger partial charge in [-0.25, -0.2) is 9.78 Å². The number of aromatic nitrogens is 1. The van der Waals surface area contributed by atoms with Crippen LogP contribution in [0.15, 0.2) is 45.7 Å². The quantitative estimate of drug-likeness (QED) is 0.646. The number of anilines is 1. The Morgan fingerprint density at radius 2 is 2.04 bits per heavy atom. The number of benzene rings is 1. The Hall–Kier alpha value is -2.82. The van der Waals surface area contributed by atoms with Gasteiger partial charge in [-0.2, -0.15) is 0 Å². The standard InChI is InChI=1S/C18H16N2O3/c1-11-5-6-19-16(7-11)20-9-14-15(22-10-20)4-3-13-12(2)8-17(21)23-18(13)14/h3-8H,9-10H2,1-2H3. The van der Waals surface area contributed by atoms with E-state index in [0.717, 1.165) is 33.6 Å². The van der Waals surface area contributed by atoms with Gasteiger partial charge >= 0.3 is 5.63 Å². The second-order valence-corrected chi connectivity index (χ2v) is 5.83. The third-order valence-electron chi connectivity index (χ3n) is 4.13. The average Bonchev–Trinajstić information content (AvgIpc) is 2.54. The van der Waals surface area contributed by atoms with Gasteiger partial charge in [0.05, 0.1) is 12.1 Å². The minimum absolute atomic E-state index is 0.339. The molecule has 0 radical (unpaired) electrons. The molecule has 0 saturated heterocycles. The van der Waals surface area contributed by atoms with Crippen LogP contribution in [0.25, 0.3) is 11.0 Å². The predicted octanol–water partition coefficient (Wildman–Crippen LogP) is 3.16. The maximum Gasteiger partial charge on any atom is 0.336 e. The van der Waals surface area contributed by atoms with E-state index >= 15 is 0 Å². The molecule has 5 heteroatoms. The van der Waals surface area contributed by atoms with Gasteiger partial charge < -0.3 is 14.1 Å². The molecule has 23 heavy (non-hydrogen) atoms. The first-order valence-electron chi connectivity index (χ1n) is 7.48. The highest BCUT2D eigenvalue weighted by atomic mass is 16.5. The molecule has 0 saturated carbocycles. The minimum Gasteiger partial charge on any atom is -0.473 e. The number of ether oxygens (including phenoxy) is 1. The Morgan fingerprint density at radius 3 is 2.87 bits per heavy atom. The van der Waals surface area contributed by atoms with E-state index < -0.39 is 0 Å². The van der Waals surface area contributed by atoms with Gasteiger partial charge in [-0.3, -0.25) is 0 Å². The molecule has 0 spiro atoms. The molecule has 0 fully saturated rings. The Labute approximate surface area is 133 Å². The summed E-state index contributed by atoms with van der Waals surface area (Å²) in [5.41, 5.74) is 3.20. The first kappa shape index (κ1) is 13.8. The molecular weight excluding hydrogens is 292 g/mol. The van der Waals surface area contributed by atoms with E-state index in [0.29, 0.717) is 18.9 Å². The van der Waals surface area contributed by atoms with Gasteiger partial charge in [-0.1, -0.05) is 0 Å². The number of fused-ring (bicyclic) bond motifs is 3. The average molecular weight is 308 g/mol. The fourth-order valence-corrected chi connectivity index (χ4v) is 2.93. The van der Waals surface area contributed by atoms with Crippen molar-refractivity contribution in [3.63, 3.8) is 0 Å². The second kappa shape index (κ2) is 5.12. The van der Waals surface area contributed by atoms with Crippen LogP contribution < -0.4 is 15.3 Å². The molecule has 3 aromatic rings. The highest BCUT2D eigenvalue weighted by Gasteiger charge is 2.22. The fraction of sp³-hybridized carbons (Fsp3) is 0.222. The van der Waals surface area contributed by atoms with E-state index in [1.54, 1.807) is 6.20 Å². The molecule has 116 valence electrons. The molecule has 0 aliphatic carbocycles. The molecule has 0 atom stereocenters. The molecule has 1 aliphatic rings. The first-order chi connectivity index (χ1) is 11.1. The van der Waals surface area contributed by atoms with Gasteiger partial charge in [0.1, 0.15) is 17.2 Å². The van der Waals surface area contributed by atoms with Crippen molar-refractivity contribution in [1.82, 2.24) is 4.98 Å². The maximum absolute atomic E-state index is 11.8. The van der Waals surface area contributed by atoms with Crippen molar-refractivity contribution in [3.8, 4) is 5.75 Å². The molecule has 0 amide bonds. The van der Waals surface area contributed by atoms with E-state index in [2.05, 4.69) is 4.98 Å². The summed E-state index contributed by atoms with van der Waals surface area (Å²) in [4.78, 5) is 18.2. The highest BCUT2D eigenvalue weighted by molar-refractivity contribution is 5.85. The highest BCUT2D eigenvalue weighted by Crippen LogP contribution is 2.34. The van der Waals surface area contributed by atoms with E-state index in [4.69, 9.17) is 9.15 Å². The molecule has 0 N–H and O–H groups in total. The van der Waals surface area contributed by atoms with Crippen LogP contribution in [-0.2, 0) is 6.54 Å². The molecule has 4 rings (SSSR count). The van der Waals surface area contributed by atoms with E-state index in [9.17, 15) is 4.79 Å². The molecule has 1 aromatic carbocycles. The number of aryl methyl sites for hydroxylation is 2. The summed E-state index contributed by atoms with van der Waals surface area (Å²) < 4.78 is 11.3. The lowest BCUT2D eigenvalue weighted by Crippen LogP contribution is -2.32. The van der Waals surface area contributed by atoms with Crippen molar-refractivity contribution < 1.29 is 9.15 Å². The van der Waals surface area contributed by atoms with Crippen molar-refractivity contribution >= 4 is 16.8 Å². The summed E-state index contributed by atoms with van der Waals surface area (Å²) in [6.45, 7) is 4.96. The maximum atomic E-state index is 11.8. The lowest BCUT2D eigenvalue weighted by molar-refractivity contribution is 0.288. The van der Waals surface area contributed by atoms with Gasteiger partial charge in [-0.15, -0.1) is 0 Å². The fourth-order valence-electron chi connectivity index (χ4n) is 2.93. The van der Waals surface area contributed by atoms with Gasteiger partial charge in [0.2, 0.25) is 0 Å². The van der Waals surface area contributed by atoms with Gasteiger partial charge in [-0.05, 0) is 49.2 Å². The number of hydrogen-bond donors (Lipinski definition) is 0. The number of rotatable bonds is 1. The van der Waals surface area contributed by atoms with E-state index in [1.165, 1.54) is 6.07 Å². The van der Waals surface area contributed by atoms with Crippen LogP contribution >= 0.6 is 0 Å². The molecule has 2 aromatic heterocycles. The van der Waals surface area contributed by atoms with Gasteiger partial charge in [0.15, 0.2) is 6.73 Å². The zero-order chi connectivity index (χ0) is 16.0. The largest absolute Gasteiger partial charge is 0.473 e. The Balaban J connectivity index is 1.84. The first-order valence-corrected chi connectivity index (χ1v) is 7.48. The Bertz CT molecular complexity index is 962. The normalized spacial score (nSPS) is 13.7. The van der Waals surface area contributed by atoms with Crippen molar-refractivity contribution in [2.75, 3.05) is 11.6 Å². The van der Waals surface area contributed by atoms with Crippen LogP contribution in [-0.4, -0.2) is 11.7 Å². The van der Waals surface area contributed by atoms with E-state index in [1.807, 2.05) is 43.0 Å². The third kappa shape index (κ3) is 2.34. The Morgan fingerprint density at radius 1 is 1.17 bits per heavy atom. The summed E-state index contributed by atoms with van der Waals surface area (Å²) in [7, 11) is 0. The molecule has 5 nitrogen and oxygen atoms in total. The van der Waals surface area contributed by atoms with Crippen LogP contribution in [0.1, 0.15) is 16.7 Å². The monoisotopic (exact) mass is 308 g/mol. The van der Waals surface area contributed by atoms with Crippen LogP contribution in [0.3, 0.4) is 0 Å². The lowest BCUT2D eigenvalue weighted by Gasteiger charge is -2.30. The summed E-state index contributed by atoms with van der Waals surface area (Å²) >= 11 is 0. The second-order valence-electron chi connectivity index (χ2n) is 5.83. The zero-order valence-electron chi connectivity index (χ0n) is 13.0. The van der Waals surface area contributed by atoms with Crippen LogP contribution in [0.5, 0.6) is 5.75 Å². The topological polar surface area (TPSA) is 55.6 Å². The summed E-state index contributed by atoms with van der Waals surface area (Å²) in [6.07, 6.45) is 1.79. The van der Waals surface area contributed by atoms with Crippen molar-refractivity contribution in [2.45, 2.75) is 20.4 Å². The summed E-state index contributed by atoms with van der Waals surface area (Å²) in [5, 5.41) is 0.936. The Kier molecular flexibility index (Phi) is 3.08. The predicted molar refractivity (Wildman–Crippen MR) is 87.9 cm³/mol. The molecule has 3 heterocycles. The molecule has 0 bridgehead atoms. The zero-order valence-corrected chi connectivity index (χ0v) is 13.0. The SMILES string of the molecule is Cc1ccnc(N2COc3ccc4c(C)cc(=O)oc4c3C2)c1. The number of pyridine rings is 1. The summed E-state index contributed by atoms with van der Waals surface area (Å²) in [6, 6.07) is 9.36. The van der Waals surface area contributed by atoms with Crippen LogP contribution in [0.2, 0.25) is 0 Å². The molecule has 0 unspecified atom stereocenters. The molecule has 1 aliphatic heterocycles. The van der Waals surface area contributed by atoms with Crippen molar-refractivity contribution in [2.24, 2.45) is 0 Å². The van der Waals surface area contributed by atoms with Crippen LogP contribution in [0, 0.1) is 13.8 Å². The summed E-state index contributed by atoms with van der Waals surface area (Å²) in [5.74, 6) is 1.61. The smallest absolute Gasteiger partial charge is 0.336 e. The van der Waals surface area contributed by atoms with Crippen LogP contribution in [0.4, 0.5) is 5.82 Å². The van der Waals surface area contributed by atoms with Gasteiger partial charge in [0, 0.05) is 17.6 Å². The molecular formula is C18H16N2O3. The minimum atomic E-state index is -0.339. The lowest BCUT2D eigenvalue weighted by atomic mass is 10.0. The van der Waals surface area contributed by atoms with E-state index in [-0.39, 0.29) is 5.63 Å².